The molecule has 1 atom stereocenters. The van der Waals surface area contributed by atoms with Crippen LogP contribution in [-0.2, 0) is 11.3 Å². The Hall–Kier alpha value is -2.44. The van der Waals surface area contributed by atoms with E-state index in [0.29, 0.717) is 11.5 Å². The Kier molecular flexibility index (Phi) is 5.83. The summed E-state index contributed by atoms with van der Waals surface area (Å²) in [5.41, 5.74) is 0.767. The van der Waals surface area contributed by atoms with E-state index in [-0.39, 0.29) is 6.54 Å². The average molecular weight is 296 g/mol. The number of benzene rings is 1. The summed E-state index contributed by atoms with van der Waals surface area (Å²) >= 11 is 0. The molecule has 0 radical (unpaired) electrons. The summed E-state index contributed by atoms with van der Waals surface area (Å²) in [5, 5.41) is 11.5. The van der Waals surface area contributed by atoms with E-state index < -0.39 is 18.0 Å². The number of nitrogens with one attached hydrogen (secondary N) is 1. The summed E-state index contributed by atoms with van der Waals surface area (Å²) in [6.45, 7) is 1.67. The highest BCUT2D eigenvalue weighted by atomic mass is 16.5. The van der Waals surface area contributed by atoms with Gasteiger partial charge in [0.2, 0.25) is 0 Å². The normalized spacial score (nSPS) is 11.4. The second-order valence-electron chi connectivity index (χ2n) is 4.46. The van der Waals surface area contributed by atoms with Crippen LogP contribution in [0.1, 0.15) is 12.5 Å². The molecule has 2 amide bonds. The molecular weight excluding hydrogens is 276 g/mol. The molecule has 21 heavy (non-hydrogen) atoms. The van der Waals surface area contributed by atoms with Gasteiger partial charge >= 0.3 is 12.0 Å². The van der Waals surface area contributed by atoms with Crippen LogP contribution >= 0.6 is 0 Å². The Bertz CT molecular complexity index is 518. The second kappa shape index (κ2) is 7.37. The number of rotatable bonds is 6. The third kappa shape index (κ3) is 4.27. The lowest BCUT2D eigenvalue weighted by Gasteiger charge is -2.22. The number of carboxylic acid groups (broad SMARTS) is 1. The van der Waals surface area contributed by atoms with Crippen LogP contribution in [0.25, 0.3) is 0 Å². The van der Waals surface area contributed by atoms with Crippen molar-refractivity contribution >= 4 is 12.0 Å². The zero-order chi connectivity index (χ0) is 16.0. The molecule has 0 aliphatic carbocycles. The Morgan fingerprint density at radius 1 is 1.33 bits per heavy atom. The van der Waals surface area contributed by atoms with E-state index >= 15 is 0 Å². The van der Waals surface area contributed by atoms with Crippen molar-refractivity contribution in [2.24, 2.45) is 0 Å². The van der Waals surface area contributed by atoms with Crippen molar-refractivity contribution in [1.82, 2.24) is 10.2 Å². The fourth-order valence-corrected chi connectivity index (χ4v) is 1.63. The number of carboxylic acids is 1. The van der Waals surface area contributed by atoms with Crippen LogP contribution in [-0.4, -0.2) is 49.3 Å². The van der Waals surface area contributed by atoms with Crippen molar-refractivity contribution in [3.63, 3.8) is 0 Å². The lowest BCUT2D eigenvalue weighted by molar-refractivity contribution is -0.141. The first-order valence-electron chi connectivity index (χ1n) is 6.35. The Morgan fingerprint density at radius 2 is 2.00 bits per heavy atom. The molecule has 1 aromatic carbocycles. The molecule has 7 nitrogen and oxygen atoms in total. The van der Waals surface area contributed by atoms with Crippen LogP contribution in [0.4, 0.5) is 4.79 Å². The predicted octanol–water partition coefficient (Wildman–Crippen LogP) is 1.32. The minimum Gasteiger partial charge on any atom is -0.497 e. The lowest BCUT2D eigenvalue weighted by Crippen LogP contribution is -2.45. The minimum absolute atomic E-state index is 0.225. The van der Waals surface area contributed by atoms with Crippen LogP contribution in [0, 0.1) is 0 Å². The molecule has 0 heterocycles. The highest BCUT2D eigenvalue weighted by Crippen LogP contribution is 2.24. The van der Waals surface area contributed by atoms with Gasteiger partial charge in [-0.05, 0) is 19.1 Å². The van der Waals surface area contributed by atoms with Gasteiger partial charge in [-0.15, -0.1) is 0 Å². The van der Waals surface area contributed by atoms with E-state index in [2.05, 4.69) is 5.32 Å². The molecule has 7 heteroatoms. The second-order valence-corrected chi connectivity index (χ2v) is 4.46. The quantitative estimate of drug-likeness (QED) is 0.826. The molecule has 0 aliphatic heterocycles. The van der Waals surface area contributed by atoms with Crippen molar-refractivity contribution in [1.29, 1.82) is 0 Å². The van der Waals surface area contributed by atoms with Gasteiger partial charge in [0.1, 0.15) is 17.5 Å². The fraction of sp³-hybridized carbons (Fsp3) is 0.429. The number of hydrogen-bond donors (Lipinski definition) is 2. The third-order valence-corrected chi connectivity index (χ3v) is 3.18. The first-order chi connectivity index (χ1) is 9.90. The maximum Gasteiger partial charge on any atom is 0.326 e. The largest absolute Gasteiger partial charge is 0.497 e. The van der Waals surface area contributed by atoms with Crippen LogP contribution in [0.2, 0.25) is 0 Å². The predicted molar refractivity (Wildman–Crippen MR) is 76.6 cm³/mol. The van der Waals surface area contributed by atoms with E-state index in [1.54, 1.807) is 25.3 Å². The van der Waals surface area contributed by atoms with Gasteiger partial charge in [-0.2, -0.15) is 0 Å². The van der Waals surface area contributed by atoms with Gasteiger partial charge < -0.3 is 24.8 Å². The summed E-state index contributed by atoms with van der Waals surface area (Å²) in [6, 6.07) is 3.88. The topological polar surface area (TPSA) is 88.1 Å². The number of amides is 2. The molecule has 0 fully saturated rings. The molecule has 0 aromatic heterocycles. The minimum atomic E-state index is -1.06. The first-order valence-corrected chi connectivity index (χ1v) is 6.35. The summed E-state index contributed by atoms with van der Waals surface area (Å²) in [6.07, 6.45) is 0. The lowest BCUT2D eigenvalue weighted by atomic mass is 10.2. The van der Waals surface area contributed by atoms with Gasteiger partial charge in [-0.1, -0.05) is 0 Å². The average Bonchev–Trinajstić information content (AvgIpc) is 2.50. The number of hydrogen-bond acceptors (Lipinski definition) is 4. The van der Waals surface area contributed by atoms with E-state index in [4.69, 9.17) is 14.6 Å². The number of carbonyl (C=O) groups is 2. The summed E-state index contributed by atoms with van der Waals surface area (Å²) < 4.78 is 10.3. The van der Waals surface area contributed by atoms with Crippen molar-refractivity contribution in [3.05, 3.63) is 23.8 Å². The van der Waals surface area contributed by atoms with E-state index in [1.165, 1.54) is 21.1 Å². The highest BCUT2D eigenvalue weighted by molar-refractivity contribution is 5.82. The van der Waals surface area contributed by atoms with Crippen LogP contribution < -0.4 is 14.8 Å². The third-order valence-electron chi connectivity index (χ3n) is 3.18. The standard InChI is InChI=1S/C14H20N2O5/c1-9(13(17)18)16(2)14(19)15-8-10-5-6-11(20-3)7-12(10)21-4/h5-7,9H,8H2,1-4H3,(H,15,19)(H,17,18). The zero-order valence-corrected chi connectivity index (χ0v) is 12.5. The van der Waals surface area contributed by atoms with E-state index in [0.717, 1.165) is 10.5 Å². The number of ether oxygens (including phenoxy) is 2. The van der Waals surface area contributed by atoms with E-state index in [1.807, 2.05) is 0 Å². The SMILES string of the molecule is COc1ccc(CNC(=O)N(C)C(C)C(=O)O)c(OC)c1. The van der Waals surface area contributed by atoms with Gasteiger partial charge in [0, 0.05) is 25.2 Å². The fourth-order valence-electron chi connectivity index (χ4n) is 1.63. The summed E-state index contributed by atoms with van der Waals surface area (Å²) in [4.78, 5) is 23.8. The monoisotopic (exact) mass is 296 g/mol. The van der Waals surface area contributed by atoms with Crippen molar-refractivity contribution in [3.8, 4) is 11.5 Å². The summed E-state index contributed by atoms with van der Waals surface area (Å²) in [5.74, 6) is 0.178. The van der Waals surface area contributed by atoms with Crippen LogP contribution in [0.15, 0.2) is 18.2 Å². The van der Waals surface area contributed by atoms with Crippen LogP contribution in [0.3, 0.4) is 0 Å². The van der Waals surface area contributed by atoms with Gasteiger partial charge in [0.25, 0.3) is 0 Å². The maximum absolute atomic E-state index is 11.9. The molecule has 0 aliphatic rings. The van der Waals surface area contributed by atoms with Crippen LogP contribution in [0.5, 0.6) is 11.5 Å². The molecular formula is C14H20N2O5. The summed E-state index contributed by atoms with van der Waals surface area (Å²) in [7, 11) is 4.51. The first kappa shape index (κ1) is 16.6. The molecule has 1 aromatic rings. The molecule has 1 unspecified atom stereocenters. The molecule has 2 N–H and O–H groups in total. The number of aliphatic carboxylic acids is 1. The number of urea groups is 1. The van der Waals surface area contributed by atoms with Crippen molar-refractivity contribution in [2.45, 2.75) is 19.5 Å². The molecule has 0 saturated carbocycles. The Morgan fingerprint density at radius 3 is 2.52 bits per heavy atom. The number of carbonyl (C=O) groups excluding carboxylic acids is 1. The molecule has 1 rings (SSSR count). The molecule has 0 bridgehead atoms. The molecule has 116 valence electrons. The van der Waals surface area contributed by atoms with Gasteiger partial charge in [0.05, 0.1) is 14.2 Å². The van der Waals surface area contributed by atoms with Crippen molar-refractivity contribution in [2.75, 3.05) is 21.3 Å². The van der Waals surface area contributed by atoms with Crippen molar-refractivity contribution < 1.29 is 24.2 Å². The smallest absolute Gasteiger partial charge is 0.326 e. The highest BCUT2D eigenvalue weighted by Gasteiger charge is 2.21. The Balaban J connectivity index is 2.71. The van der Waals surface area contributed by atoms with Gasteiger partial charge in [-0.25, -0.2) is 9.59 Å². The van der Waals surface area contributed by atoms with Gasteiger partial charge in [0.15, 0.2) is 0 Å². The Labute approximate surface area is 123 Å². The maximum atomic E-state index is 11.9. The number of likely N-dealkylation sites (N-methyl/N-ethyl adjacent to an activating group) is 1. The number of methoxy groups -OCH3 is 2. The van der Waals surface area contributed by atoms with E-state index in [9.17, 15) is 9.59 Å². The molecule has 0 spiro atoms. The van der Waals surface area contributed by atoms with Gasteiger partial charge in [-0.3, -0.25) is 0 Å². The molecule has 0 saturated heterocycles. The zero-order valence-electron chi connectivity index (χ0n) is 12.5. The number of nitrogens with zero attached hydrogens (tertiary/aromatic N) is 1.